The third-order valence-electron chi connectivity index (χ3n) is 4.27. The van der Waals surface area contributed by atoms with E-state index in [2.05, 4.69) is 22.0 Å². The molecule has 0 saturated heterocycles. The zero-order valence-corrected chi connectivity index (χ0v) is 14.6. The quantitative estimate of drug-likeness (QED) is 0.800. The van der Waals surface area contributed by atoms with E-state index < -0.39 is 18.1 Å². The molecule has 0 bridgehead atoms. The molecule has 130 valence electrons. The molecule has 0 saturated carbocycles. The SMILES string of the molecule is NCC(NC(=O)OCC1c2ccccc2-c2ccccc21)C(=O)OP. The molecule has 7 heteroatoms. The highest BCUT2D eigenvalue weighted by molar-refractivity contribution is 7.10. The molecule has 1 aliphatic rings. The summed E-state index contributed by atoms with van der Waals surface area (Å²) in [6.45, 7) is 0.102. The molecule has 25 heavy (non-hydrogen) atoms. The molecule has 0 aromatic heterocycles. The number of nitrogens with two attached hydrogens (primary N) is 1. The monoisotopic (exact) mass is 358 g/mol. The van der Waals surface area contributed by atoms with Crippen molar-refractivity contribution in [2.45, 2.75) is 12.0 Å². The third-order valence-corrected chi connectivity index (χ3v) is 4.50. The largest absolute Gasteiger partial charge is 0.450 e. The van der Waals surface area contributed by atoms with Gasteiger partial charge in [0.25, 0.3) is 0 Å². The van der Waals surface area contributed by atoms with Crippen LogP contribution >= 0.6 is 9.47 Å². The maximum atomic E-state index is 12.0. The fourth-order valence-electron chi connectivity index (χ4n) is 3.08. The summed E-state index contributed by atoms with van der Waals surface area (Å²) in [5.41, 5.74) is 10.0. The van der Waals surface area contributed by atoms with Gasteiger partial charge in [-0.3, -0.25) is 0 Å². The van der Waals surface area contributed by atoms with Crippen LogP contribution in [0.1, 0.15) is 17.0 Å². The number of nitrogens with one attached hydrogen (secondary N) is 1. The van der Waals surface area contributed by atoms with Gasteiger partial charge in [-0.15, -0.1) is 0 Å². The fraction of sp³-hybridized carbons (Fsp3) is 0.222. The molecule has 0 heterocycles. The molecule has 3 rings (SSSR count). The first-order valence-corrected chi connectivity index (χ1v) is 8.35. The first kappa shape index (κ1) is 17.4. The Labute approximate surface area is 148 Å². The molecule has 1 amide bonds. The van der Waals surface area contributed by atoms with Gasteiger partial charge < -0.3 is 20.3 Å². The number of carbonyl (C=O) groups is 2. The molecule has 0 spiro atoms. The molecule has 2 aromatic carbocycles. The Hall–Kier alpha value is -2.43. The molecule has 3 N–H and O–H groups in total. The van der Waals surface area contributed by atoms with E-state index in [9.17, 15) is 9.59 Å². The number of hydrogen-bond donors (Lipinski definition) is 2. The normalized spacial score (nSPS) is 13.5. The molecule has 6 nitrogen and oxygen atoms in total. The van der Waals surface area contributed by atoms with E-state index in [4.69, 9.17) is 10.5 Å². The summed E-state index contributed by atoms with van der Waals surface area (Å²) in [6.07, 6.45) is -0.701. The van der Waals surface area contributed by atoms with Crippen LogP contribution in [0.4, 0.5) is 4.79 Å². The van der Waals surface area contributed by atoms with Gasteiger partial charge in [-0.2, -0.15) is 0 Å². The number of fused-ring (bicyclic) bond motifs is 3. The van der Waals surface area contributed by atoms with Gasteiger partial charge in [-0.1, -0.05) is 48.5 Å². The van der Waals surface area contributed by atoms with Gasteiger partial charge in [-0.05, 0) is 22.3 Å². The van der Waals surface area contributed by atoms with Gasteiger partial charge in [-0.25, -0.2) is 9.59 Å². The molecule has 0 radical (unpaired) electrons. The van der Waals surface area contributed by atoms with E-state index in [0.29, 0.717) is 0 Å². The minimum absolute atomic E-state index is 0.0387. The van der Waals surface area contributed by atoms with Crippen molar-refractivity contribution in [3.63, 3.8) is 0 Å². The van der Waals surface area contributed by atoms with E-state index in [0.717, 1.165) is 22.3 Å². The summed E-state index contributed by atoms with van der Waals surface area (Å²) in [5.74, 6) is -0.677. The van der Waals surface area contributed by atoms with Crippen LogP contribution in [0.25, 0.3) is 11.1 Å². The van der Waals surface area contributed by atoms with Gasteiger partial charge in [0, 0.05) is 12.5 Å². The lowest BCUT2D eigenvalue weighted by molar-refractivity contribution is -0.135. The highest BCUT2D eigenvalue weighted by Gasteiger charge is 2.29. The van der Waals surface area contributed by atoms with Crippen LogP contribution in [-0.2, 0) is 14.1 Å². The number of benzene rings is 2. The maximum Gasteiger partial charge on any atom is 0.407 e. The standard InChI is InChI=1S/C18H19N2O4P/c19-9-16(17(21)24-25)20-18(22)23-10-15-13-7-3-1-5-11(13)12-6-2-4-8-14(12)15/h1-8,15-16H,9-10,19,25H2,(H,20,22). The Kier molecular flexibility index (Phi) is 5.31. The van der Waals surface area contributed by atoms with Crippen LogP contribution in [-0.4, -0.2) is 31.3 Å². The lowest BCUT2D eigenvalue weighted by Crippen LogP contribution is -2.46. The average molecular weight is 358 g/mol. The second-order valence-electron chi connectivity index (χ2n) is 5.70. The van der Waals surface area contributed by atoms with Crippen molar-refractivity contribution in [1.29, 1.82) is 0 Å². The van der Waals surface area contributed by atoms with E-state index in [1.54, 1.807) is 0 Å². The molecular formula is C18H19N2O4P. The van der Waals surface area contributed by atoms with Crippen molar-refractivity contribution < 1.29 is 18.8 Å². The zero-order valence-electron chi connectivity index (χ0n) is 13.5. The smallest absolute Gasteiger partial charge is 0.407 e. The number of carbonyl (C=O) groups excluding carboxylic acids is 2. The van der Waals surface area contributed by atoms with E-state index >= 15 is 0 Å². The second kappa shape index (κ2) is 7.64. The zero-order chi connectivity index (χ0) is 17.8. The minimum Gasteiger partial charge on any atom is -0.450 e. The number of rotatable bonds is 5. The number of ether oxygens (including phenoxy) is 1. The summed E-state index contributed by atoms with van der Waals surface area (Å²) < 4.78 is 9.85. The molecule has 2 atom stereocenters. The topological polar surface area (TPSA) is 90.6 Å². The molecule has 2 aromatic rings. The first-order valence-electron chi connectivity index (χ1n) is 7.88. The Morgan fingerprint density at radius 1 is 1.08 bits per heavy atom. The Morgan fingerprint density at radius 2 is 1.64 bits per heavy atom. The second-order valence-corrected chi connectivity index (χ2v) is 5.93. The third kappa shape index (κ3) is 3.50. The van der Waals surface area contributed by atoms with Crippen molar-refractivity contribution >= 4 is 21.5 Å². The van der Waals surface area contributed by atoms with Crippen LogP contribution < -0.4 is 11.1 Å². The molecular weight excluding hydrogens is 339 g/mol. The minimum atomic E-state index is -0.937. The van der Waals surface area contributed by atoms with Crippen molar-refractivity contribution in [1.82, 2.24) is 5.32 Å². The van der Waals surface area contributed by atoms with Crippen LogP contribution in [0, 0.1) is 0 Å². The number of amides is 1. The van der Waals surface area contributed by atoms with Crippen molar-refractivity contribution in [2.24, 2.45) is 5.73 Å². The van der Waals surface area contributed by atoms with Crippen LogP contribution in [0.2, 0.25) is 0 Å². The van der Waals surface area contributed by atoms with Gasteiger partial charge in [0.1, 0.15) is 12.6 Å². The van der Waals surface area contributed by atoms with Crippen molar-refractivity contribution in [2.75, 3.05) is 13.2 Å². The average Bonchev–Trinajstić information content (AvgIpc) is 2.98. The van der Waals surface area contributed by atoms with E-state index in [1.807, 2.05) is 45.9 Å². The maximum absolute atomic E-state index is 12.0. The van der Waals surface area contributed by atoms with E-state index in [-0.39, 0.29) is 19.1 Å². The summed E-state index contributed by atoms with van der Waals surface area (Å²) in [5, 5.41) is 2.42. The summed E-state index contributed by atoms with van der Waals surface area (Å²) >= 11 is 0. The van der Waals surface area contributed by atoms with Crippen molar-refractivity contribution in [3.8, 4) is 11.1 Å². The lowest BCUT2D eigenvalue weighted by Gasteiger charge is -2.17. The summed E-state index contributed by atoms with van der Waals surface area (Å²) in [7, 11) is 1.83. The predicted octanol–water partition coefficient (Wildman–Crippen LogP) is 2.19. The summed E-state index contributed by atoms with van der Waals surface area (Å²) in [4.78, 5) is 23.5. The Morgan fingerprint density at radius 3 is 2.16 bits per heavy atom. The Balaban J connectivity index is 1.71. The van der Waals surface area contributed by atoms with E-state index in [1.165, 1.54) is 0 Å². The number of alkyl carbamates (subject to hydrolysis) is 1. The van der Waals surface area contributed by atoms with Gasteiger partial charge >= 0.3 is 12.1 Å². The highest BCUT2D eigenvalue weighted by Crippen LogP contribution is 2.44. The molecule has 1 aliphatic carbocycles. The van der Waals surface area contributed by atoms with Gasteiger partial charge in [0.15, 0.2) is 0 Å². The fourth-order valence-corrected chi connectivity index (χ4v) is 3.24. The van der Waals surface area contributed by atoms with Crippen LogP contribution in [0.15, 0.2) is 48.5 Å². The van der Waals surface area contributed by atoms with Crippen LogP contribution in [0.5, 0.6) is 0 Å². The molecule has 2 unspecified atom stereocenters. The van der Waals surface area contributed by atoms with Crippen LogP contribution in [0.3, 0.4) is 0 Å². The lowest BCUT2D eigenvalue weighted by atomic mass is 9.98. The Bertz CT molecular complexity index is 751. The first-order chi connectivity index (χ1) is 12.2. The summed E-state index contributed by atoms with van der Waals surface area (Å²) in [6, 6.07) is 15.2. The molecule has 0 fully saturated rings. The number of hydrogen-bond acceptors (Lipinski definition) is 5. The van der Waals surface area contributed by atoms with Gasteiger partial charge in [0.2, 0.25) is 0 Å². The highest BCUT2D eigenvalue weighted by atomic mass is 31.0. The van der Waals surface area contributed by atoms with Gasteiger partial charge in [0.05, 0.1) is 9.47 Å². The van der Waals surface area contributed by atoms with Crippen molar-refractivity contribution in [3.05, 3.63) is 59.7 Å². The molecule has 0 aliphatic heterocycles. The predicted molar refractivity (Wildman–Crippen MR) is 96.8 cm³/mol.